The van der Waals surface area contributed by atoms with Gasteiger partial charge in [0.1, 0.15) is 6.54 Å². The Morgan fingerprint density at radius 1 is 1.22 bits per heavy atom. The van der Waals surface area contributed by atoms with E-state index in [4.69, 9.17) is 4.74 Å². The monoisotopic (exact) mass is 254 g/mol. The van der Waals surface area contributed by atoms with Gasteiger partial charge >= 0.3 is 0 Å². The van der Waals surface area contributed by atoms with Crippen molar-refractivity contribution in [2.24, 2.45) is 16.7 Å². The largest absolute Gasteiger partial charge is 0.372 e. The third-order valence-electron chi connectivity index (χ3n) is 6.59. The molecule has 0 aromatic rings. The van der Waals surface area contributed by atoms with Crippen molar-refractivity contribution >= 4 is 0 Å². The van der Waals surface area contributed by atoms with Crippen LogP contribution in [0, 0.1) is 16.7 Å². The highest BCUT2D eigenvalue weighted by atomic mass is 16.5. The first-order valence-electron chi connectivity index (χ1n) is 7.66. The quantitative estimate of drug-likeness (QED) is 0.684. The van der Waals surface area contributed by atoms with E-state index >= 15 is 0 Å². The molecule has 2 aliphatic carbocycles. The van der Waals surface area contributed by atoms with E-state index < -0.39 is 0 Å². The molecule has 2 saturated carbocycles. The molecule has 3 unspecified atom stereocenters. The summed E-state index contributed by atoms with van der Waals surface area (Å²) in [5.41, 5.74) is 0.897. The Balaban J connectivity index is 1.90. The van der Waals surface area contributed by atoms with Crippen LogP contribution in [-0.2, 0) is 4.74 Å². The number of likely N-dealkylation sites (N-methyl/N-ethyl adjacent to an activating group) is 1. The first kappa shape index (κ1) is 14.3. The standard InChI is InChI=1S/C16H32NO/c1-7-17(5,6)10-11-18-14-12-13-8-9-16(14,4)15(13,2)3/h13-14H,7-12H2,1-6H3/q+1. The van der Waals surface area contributed by atoms with E-state index in [1.807, 2.05) is 0 Å². The highest BCUT2D eigenvalue weighted by molar-refractivity contribution is 5.11. The fraction of sp³-hybridized carbons (Fsp3) is 1.00. The third kappa shape index (κ3) is 2.12. The SMILES string of the molecule is CC[N+](C)(C)CCOC1CC2CCC1(C)C2(C)C. The lowest BCUT2D eigenvalue weighted by Gasteiger charge is -2.39. The smallest absolute Gasteiger partial charge is 0.102 e. The average Bonchev–Trinajstić information content (AvgIpc) is 2.62. The van der Waals surface area contributed by atoms with Crippen LogP contribution >= 0.6 is 0 Å². The Bertz CT molecular complexity index is 310. The summed E-state index contributed by atoms with van der Waals surface area (Å²) >= 11 is 0. The Hall–Kier alpha value is -0.0800. The second-order valence-corrected chi connectivity index (χ2v) is 7.95. The number of hydrogen-bond acceptors (Lipinski definition) is 1. The number of hydrogen-bond donors (Lipinski definition) is 0. The molecule has 0 amide bonds. The van der Waals surface area contributed by atoms with E-state index in [0.717, 1.165) is 23.6 Å². The number of fused-ring (bicyclic) bond motifs is 2. The number of quaternary nitrogens is 1. The molecular weight excluding hydrogens is 222 g/mol. The van der Waals surface area contributed by atoms with Crippen molar-refractivity contribution in [2.45, 2.75) is 53.1 Å². The van der Waals surface area contributed by atoms with Crippen molar-refractivity contribution in [3.05, 3.63) is 0 Å². The van der Waals surface area contributed by atoms with Crippen LogP contribution in [0.15, 0.2) is 0 Å². The zero-order valence-electron chi connectivity index (χ0n) is 13.3. The van der Waals surface area contributed by atoms with Gasteiger partial charge in [0.2, 0.25) is 0 Å². The molecule has 0 aromatic carbocycles. The fourth-order valence-electron chi connectivity index (χ4n) is 3.98. The summed E-state index contributed by atoms with van der Waals surface area (Å²) in [6.45, 7) is 12.9. The van der Waals surface area contributed by atoms with Crippen molar-refractivity contribution < 1.29 is 9.22 Å². The topological polar surface area (TPSA) is 9.23 Å². The van der Waals surface area contributed by atoms with Crippen molar-refractivity contribution in [1.29, 1.82) is 0 Å². The van der Waals surface area contributed by atoms with Crippen LogP contribution in [0.2, 0.25) is 0 Å². The minimum absolute atomic E-state index is 0.418. The van der Waals surface area contributed by atoms with Gasteiger partial charge in [0.25, 0.3) is 0 Å². The molecule has 2 heteroatoms. The molecule has 3 atom stereocenters. The van der Waals surface area contributed by atoms with Gasteiger partial charge in [-0.15, -0.1) is 0 Å². The van der Waals surface area contributed by atoms with Crippen LogP contribution < -0.4 is 0 Å². The van der Waals surface area contributed by atoms with Crippen LogP contribution in [0.25, 0.3) is 0 Å². The first-order valence-corrected chi connectivity index (χ1v) is 7.66. The molecule has 0 radical (unpaired) electrons. The van der Waals surface area contributed by atoms with Gasteiger partial charge in [0, 0.05) is 0 Å². The molecule has 2 rings (SSSR count). The van der Waals surface area contributed by atoms with E-state index in [9.17, 15) is 0 Å². The normalized spacial score (nSPS) is 38.3. The number of nitrogens with zero attached hydrogens (tertiary/aromatic N) is 1. The maximum Gasteiger partial charge on any atom is 0.102 e. The van der Waals surface area contributed by atoms with Gasteiger partial charge in [0.05, 0.1) is 33.4 Å². The van der Waals surface area contributed by atoms with Crippen molar-refractivity contribution in [1.82, 2.24) is 0 Å². The maximum atomic E-state index is 6.30. The van der Waals surface area contributed by atoms with Crippen LogP contribution in [0.5, 0.6) is 0 Å². The molecule has 0 aromatic heterocycles. The second-order valence-electron chi connectivity index (χ2n) is 7.95. The van der Waals surface area contributed by atoms with E-state index in [2.05, 4.69) is 41.8 Å². The maximum absolute atomic E-state index is 6.30. The Morgan fingerprint density at radius 3 is 2.33 bits per heavy atom. The molecule has 2 nitrogen and oxygen atoms in total. The highest BCUT2D eigenvalue weighted by Gasteiger charge is 2.61. The molecule has 2 bridgehead atoms. The van der Waals surface area contributed by atoms with Gasteiger partial charge in [-0.05, 0) is 42.9 Å². The summed E-state index contributed by atoms with van der Waals surface area (Å²) in [6.07, 6.45) is 4.58. The summed E-state index contributed by atoms with van der Waals surface area (Å²) in [7, 11) is 4.58. The van der Waals surface area contributed by atoms with Crippen LogP contribution in [0.1, 0.15) is 47.0 Å². The fourth-order valence-corrected chi connectivity index (χ4v) is 3.98. The highest BCUT2D eigenvalue weighted by Crippen LogP contribution is 2.66. The van der Waals surface area contributed by atoms with Gasteiger partial charge in [-0.25, -0.2) is 0 Å². The van der Waals surface area contributed by atoms with Gasteiger partial charge in [-0.2, -0.15) is 0 Å². The third-order valence-corrected chi connectivity index (χ3v) is 6.59. The number of ether oxygens (including phenoxy) is 1. The summed E-state index contributed by atoms with van der Waals surface area (Å²) < 4.78 is 7.36. The molecule has 106 valence electrons. The molecule has 0 aliphatic heterocycles. The van der Waals surface area contributed by atoms with Gasteiger partial charge in [-0.3, -0.25) is 0 Å². The van der Waals surface area contributed by atoms with Gasteiger partial charge in [-0.1, -0.05) is 20.8 Å². The van der Waals surface area contributed by atoms with E-state index in [1.165, 1.54) is 25.8 Å². The molecule has 0 N–H and O–H groups in total. The second kappa shape index (κ2) is 4.49. The Morgan fingerprint density at radius 2 is 1.89 bits per heavy atom. The molecule has 0 spiro atoms. The minimum Gasteiger partial charge on any atom is -0.372 e. The van der Waals surface area contributed by atoms with Gasteiger partial charge in [0.15, 0.2) is 0 Å². The van der Waals surface area contributed by atoms with E-state index in [1.54, 1.807) is 0 Å². The first-order chi connectivity index (χ1) is 8.23. The summed E-state index contributed by atoms with van der Waals surface area (Å²) in [6, 6.07) is 0. The zero-order chi connectivity index (χ0) is 13.6. The van der Waals surface area contributed by atoms with Crippen LogP contribution in [0.4, 0.5) is 0 Å². The molecule has 18 heavy (non-hydrogen) atoms. The average molecular weight is 254 g/mol. The van der Waals surface area contributed by atoms with Crippen molar-refractivity contribution in [3.63, 3.8) is 0 Å². The molecular formula is C16H32NO+. The molecule has 0 saturated heterocycles. The summed E-state index contributed by atoms with van der Waals surface area (Å²) in [5.74, 6) is 0.890. The van der Waals surface area contributed by atoms with Crippen LogP contribution in [-0.4, -0.2) is 44.4 Å². The van der Waals surface area contributed by atoms with E-state index in [-0.39, 0.29) is 0 Å². The molecule has 0 heterocycles. The van der Waals surface area contributed by atoms with Gasteiger partial charge < -0.3 is 9.22 Å². The lowest BCUT2D eigenvalue weighted by atomic mass is 9.70. The lowest BCUT2D eigenvalue weighted by Crippen LogP contribution is -2.44. The van der Waals surface area contributed by atoms with Crippen molar-refractivity contribution in [3.8, 4) is 0 Å². The zero-order valence-corrected chi connectivity index (χ0v) is 13.3. The molecule has 2 aliphatic rings. The van der Waals surface area contributed by atoms with Crippen LogP contribution in [0.3, 0.4) is 0 Å². The lowest BCUT2D eigenvalue weighted by molar-refractivity contribution is -0.889. The number of rotatable bonds is 5. The predicted octanol–water partition coefficient (Wildman–Crippen LogP) is 3.31. The summed E-state index contributed by atoms with van der Waals surface area (Å²) in [5, 5.41) is 0. The molecule has 2 fully saturated rings. The Kier molecular flexibility index (Phi) is 3.57. The van der Waals surface area contributed by atoms with E-state index in [0.29, 0.717) is 16.9 Å². The predicted molar refractivity (Wildman–Crippen MR) is 76.5 cm³/mol. The minimum atomic E-state index is 0.418. The van der Waals surface area contributed by atoms with Crippen molar-refractivity contribution in [2.75, 3.05) is 33.8 Å². The summed E-state index contributed by atoms with van der Waals surface area (Å²) in [4.78, 5) is 0. The Labute approximate surface area is 113 Å².